The maximum atomic E-state index is 12.9. The highest BCUT2D eigenvalue weighted by molar-refractivity contribution is 6.03. The second kappa shape index (κ2) is 6.43. The number of rotatable bonds is 2. The lowest BCUT2D eigenvalue weighted by atomic mass is 9.76. The fourth-order valence-electron chi connectivity index (χ4n) is 4.17. The van der Waals surface area contributed by atoms with Gasteiger partial charge in [0.05, 0.1) is 11.5 Å². The number of carbonyl (C=O) groups excluding carboxylic acids is 2. The van der Waals surface area contributed by atoms with E-state index in [2.05, 4.69) is 5.32 Å². The molecule has 1 heterocycles. The van der Waals surface area contributed by atoms with Crippen LogP contribution in [0.5, 0.6) is 0 Å². The molecule has 0 aromatic carbocycles. The lowest BCUT2D eigenvalue weighted by Crippen LogP contribution is -2.41. The van der Waals surface area contributed by atoms with Crippen LogP contribution in [0.2, 0.25) is 0 Å². The molecule has 1 aromatic rings. The molecule has 0 saturated heterocycles. The highest BCUT2D eigenvalue weighted by atomic mass is 19.4. The molecule has 0 bridgehead atoms. The minimum atomic E-state index is -4.24. The Bertz CT molecular complexity index is 733. The van der Waals surface area contributed by atoms with E-state index >= 15 is 0 Å². The number of hydrogen-bond acceptors (Lipinski definition) is 3. The van der Waals surface area contributed by atoms with E-state index < -0.39 is 24.0 Å². The normalized spacial score (nSPS) is 25.7. The van der Waals surface area contributed by atoms with Crippen molar-refractivity contribution >= 4 is 11.7 Å². The number of carbonyl (C=O) groups is 2. The van der Waals surface area contributed by atoms with Crippen LogP contribution in [0.4, 0.5) is 13.2 Å². The van der Waals surface area contributed by atoms with Crippen molar-refractivity contribution in [3.8, 4) is 0 Å². The fraction of sp³-hybridized carbons (Fsp3) is 0.684. The number of fused-ring (bicyclic) bond motifs is 1. The Morgan fingerprint density at radius 1 is 1.23 bits per heavy atom. The highest BCUT2D eigenvalue weighted by Gasteiger charge is 2.43. The van der Waals surface area contributed by atoms with Crippen LogP contribution in [0.15, 0.2) is 4.42 Å². The molecule has 1 saturated carbocycles. The second-order valence-corrected chi connectivity index (χ2v) is 8.37. The average molecular weight is 371 g/mol. The first-order valence-electron chi connectivity index (χ1n) is 9.01. The van der Waals surface area contributed by atoms with Crippen LogP contribution in [-0.2, 0) is 6.42 Å². The van der Waals surface area contributed by atoms with Crippen molar-refractivity contribution in [2.24, 2.45) is 11.3 Å². The molecular weight excluding hydrogens is 347 g/mol. The van der Waals surface area contributed by atoms with E-state index in [0.29, 0.717) is 42.6 Å². The largest absolute Gasteiger partial charge is 0.455 e. The van der Waals surface area contributed by atoms with E-state index in [1.165, 1.54) is 0 Å². The minimum Gasteiger partial charge on any atom is -0.455 e. The number of ketones is 1. The molecule has 1 aromatic heterocycles. The van der Waals surface area contributed by atoms with Crippen LogP contribution in [0, 0.1) is 18.3 Å². The van der Waals surface area contributed by atoms with E-state index in [1.807, 2.05) is 13.8 Å². The third-order valence-electron chi connectivity index (χ3n) is 5.46. The van der Waals surface area contributed by atoms with Gasteiger partial charge in [0.15, 0.2) is 11.5 Å². The summed E-state index contributed by atoms with van der Waals surface area (Å²) in [5, 5.41) is 2.68. The summed E-state index contributed by atoms with van der Waals surface area (Å²) in [6.45, 7) is 5.59. The summed E-state index contributed by atoms with van der Waals surface area (Å²) in [7, 11) is 0. The maximum absolute atomic E-state index is 12.9. The van der Waals surface area contributed by atoms with Crippen LogP contribution in [0.25, 0.3) is 0 Å². The Labute approximate surface area is 150 Å². The molecule has 0 radical (unpaired) electrons. The molecule has 26 heavy (non-hydrogen) atoms. The first kappa shape index (κ1) is 19.0. The number of amides is 1. The molecule has 144 valence electrons. The van der Waals surface area contributed by atoms with Crippen LogP contribution >= 0.6 is 0 Å². The van der Waals surface area contributed by atoms with Crippen molar-refractivity contribution in [3.63, 3.8) is 0 Å². The van der Waals surface area contributed by atoms with Gasteiger partial charge in [-0.05, 0) is 31.6 Å². The van der Waals surface area contributed by atoms with Gasteiger partial charge in [-0.15, -0.1) is 0 Å². The molecular formula is C19H24F3NO3. The average Bonchev–Trinajstić information content (AvgIpc) is 2.82. The first-order valence-corrected chi connectivity index (χ1v) is 9.01. The smallest absolute Gasteiger partial charge is 0.391 e. The predicted molar refractivity (Wildman–Crippen MR) is 89.1 cm³/mol. The van der Waals surface area contributed by atoms with Gasteiger partial charge in [0.1, 0.15) is 5.76 Å². The predicted octanol–water partition coefficient (Wildman–Crippen LogP) is 4.59. The van der Waals surface area contributed by atoms with Crippen molar-refractivity contribution in [2.45, 2.75) is 71.5 Å². The van der Waals surface area contributed by atoms with Gasteiger partial charge in [-0.25, -0.2) is 0 Å². The molecule has 1 N–H and O–H groups in total. The number of nitrogens with one attached hydrogen (secondary N) is 1. The summed E-state index contributed by atoms with van der Waals surface area (Å²) in [6.07, 6.45) is -2.35. The summed E-state index contributed by atoms with van der Waals surface area (Å²) >= 11 is 0. The Balaban J connectivity index is 1.76. The van der Waals surface area contributed by atoms with Crippen molar-refractivity contribution in [1.82, 2.24) is 5.32 Å². The molecule has 3 rings (SSSR count). The topological polar surface area (TPSA) is 59.3 Å². The van der Waals surface area contributed by atoms with Gasteiger partial charge < -0.3 is 9.73 Å². The number of Topliss-reactive ketones (excluding diaryl/α,β-unsaturated/α-hetero) is 1. The van der Waals surface area contributed by atoms with Crippen LogP contribution in [0.1, 0.15) is 78.2 Å². The van der Waals surface area contributed by atoms with E-state index in [1.54, 1.807) is 6.92 Å². The third-order valence-corrected chi connectivity index (χ3v) is 5.46. The van der Waals surface area contributed by atoms with Gasteiger partial charge in [0.2, 0.25) is 0 Å². The lowest BCUT2D eigenvalue weighted by molar-refractivity contribution is -0.183. The molecule has 2 atom stereocenters. The third kappa shape index (κ3) is 3.67. The number of furan rings is 1. The van der Waals surface area contributed by atoms with Gasteiger partial charge in [0, 0.05) is 24.4 Å². The quantitative estimate of drug-likeness (QED) is 0.827. The van der Waals surface area contributed by atoms with Crippen molar-refractivity contribution in [3.05, 3.63) is 22.6 Å². The standard InChI is InChI=1S/C19H24F3NO3/c1-10-15-13(24)8-18(2,3)9-14(15)26-16(10)17(25)23-12-6-4-5-11(7-12)19(20,21)22/h11-12H,4-9H2,1-3H3,(H,23,25). The summed E-state index contributed by atoms with van der Waals surface area (Å²) in [4.78, 5) is 25.0. The highest BCUT2D eigenvalue weighted by Crippen LogP contribution is 2.39. The Morgan fingerprint density at radius 3 is 2.58 bits per heavy atom. The van der Waals surface area contributed by atoms with Crippen molar-refractivity contribution < 1.29 is 27.2 Å². The summed E-state index contributed by atoms with van der Waals surface area (Å²) < 4.78 is 44.5. The molecule has 2 unspecified atom stereocenters. The molecule has 2 aliphatic carbocycles. The zero-order valence-corrected chi connectivity index (χ0v) is 15.3. The molecule has 2 aliphatic rings. The van der Waals surface area contributed by atoms with Gasteiger partial charge >= 0.3 is 6.18 Å². The Hall–Kier alpha value is -1.79. The lowest BCUT2D eigenvalue weighted by Gasteiger charge is -2.30. The summed E-state index contributed by atoms with van der Waals surface area (Å²) in [5.74, 6) is -1.41. The van der Waals surface area contributed by atoms with E-state index in [0.717, 1.165) is 0 Å². The fourth-order valence-corrected chi connectivity index (χ4v) is 4.17. The molecule has 0 aliphatic heterocycles. The van der Waals surface area contributed by atoms with E-state index in [-0.39, 0.29) is 29.8 Å². The molecule has 1 amide bonds. The molecule has 7 heteroatoms. The number of hydrogen-bond donors (Lipinski definition) is 1. The Morgan fingerprint density at radius 2 is 1.92 bits per heavy atom. The van der Waals surface area contributed by atoms with Gasteiger partial charge in [-0.3, -0.25) is 9.59 Å². The number of halogens is 3. The van der Waals surface area contributed by atoms with Gasteiger partial charge in [0.25, 0.3) is 5.91 Å². The SMILES string of the molecule is Cc1c(C(=O)NC2CCCC(C(F)(F)F)C2)oc2c1C(=O)CC(C)(C)C2. The van der Waals surface area contributed by atoms with Crippen molar-refractivity contribution in [2.75, 3.05) is 0 Å². The zero-order chi connectivity index (χ0) is 19.3. The van der Waals surface area contributed by atoms with Gasteiger partial charge in [-0.2, -0.15) is 13.2 Å². The molecule has 1 fully saturated rings. The summed E-state index contributed by atoms with van der Waals surface area (Å²) in [5.41, 5.74) is 0.721. The maximum Gasteiger partial charge on any atom is 0.391 e. The minimum absolute atomic E-state index is 0.0497. The van der Waals surface area contributed by atoms with Crippen molar-refractivity contribution in [1.29, 1.82) is 0 Å². The Kier molecular flexibility index (Phi) is 4.69. The monoisotopic (exact) mass is 371 g/mol. The van der Waals surface area contributed by atoms with Crippen LogP contribution in [-0.4, -0.2) is 23.9 Å². The van der Waals surface area contributed by atoms with Crippen LogP contribution < -0.4 is 5.32 Å². The van der Waals surface area contributed by atoms with Gasteiger partial charge in [-0.1, -0.05) is 20.3 Å². The molecule has 0 spiro atoms. The number of alkyl halides is 3. The van der Waals surface area contributed by atoms with E-state index in [9.17, 15) is 22.8 Å². The second-order valence-electron chi connectivity index (χ2n) is 8.37. The van der Waals surface area contributed by atoms with E-state index in [4.69, 9.17) is 4.42 Å². The summed E-state index contributed by atoms with van der Waals surface area (Å²) in [6, 6.07) is -0.531. The zero-order valence-electron chi connectivity index (χ0n) is 15.3. The molecule has 4 nitrogen and oxygen atoms in total. The first-order chi connectivity index (χ1) is 12.0. The van der Waals surface area contributed by atoms with Crippen LogP contribution in [0.3, 0.4) is 0 Å².